The highest BCUT2D eigenvalue weighted by Crippen LogP contribution is 2.29. The third-order valence-corrected chi connectivity index (χ3v) is 3.97. The Hall–Kier alpha value is -2.09. The molecule has 0 aromatic heterocycles. The number of carbonyl (C=O) groups excluding carboxylic acids is 1. The van der Waals surface area contributed by atoms with Gasteiger partial charge in [-0.15, -0.1) is 0 Å². The first kappa shape index (κ1) is 17.3. The van der Waals surface area contributed by atoms with Gasteiger partial charge >= 0.3 is 5.97 Å². The van der Waals surface area contributed by atoms with Crippen molar-refractivity contribution in [2.45, 2.75) is 52.6 Å². The quantitative estimate of drug-likeness (QED) is 0.478. The van der Waals surface area contributed by atoms with Crippen molar-refractivity contribution < 1.29 is 9.53 Å². The van der Waals surface area contributed by atoms with Gasteiger partial charge in [0.1, 0.15) is 6.10 Å². The van der Waals surface area contributed by atoms with Gasteiger partial charge in [-0.2, -0.15) is 0 Å². The van der Waals surface area contributed by atoms with Crippen LogP contribution in [0.2, 0.25) is 0 Å². The molecule has 1 heterocycles. The van der Waals surface area contributed by atoms with E-state index in [-0.39, 0.29) is 12.1 Å². The van der Waals surface area contributed by atoms with E-state index in [0.29, 0.717) is 0 Å². The first-order chi connectivity index (χ1) is 11.1. The number of ether oxygens (including phenoxy) is 1. The van der Waals surface area contributed by atoms with Crippen LogP contribution in [0.1, 0.15) is 58.1 Å². The number of hydrogen-bond acceptors (Lipinski definition) is 2. The van der Waals surface area contributed by atoms with Gasteiger partial charge in [0.05, 0.1) is 0 Å². The molecule has 1 aromatic rings. The molecule has 1 aromatic carbocycles. The zero-order valence-corrected chi connectivity index (χ0v) is 14.3. The maximum Gasteiger partial charge on any atom is 0.334 e. The summed E-state index contributed by atoms with van der Waals surface area (Å²) in [5.74, 6) is -0.172. The molecule has 2 heteroatoms. The molecule has 0 saturated carbocycles. The topological polar surface area (TPSA) is 26.3 Å². The standard InChI is InChI=1S/C21H26O2/c1-16(2)9-7-10-17(3)11-8-14-19-15-20(23-21(19)22)18-12-5-4-6-13-18/h4-6,9,11-13,15,20H,7-8,10,14H2,1-3H3. The van der Waals surface area contributed by atoms with E-state index < -0.39 is 0 Å². The highest BCUT2D eigenvalue weighted by atomic mass is 16.5. The molecule has 0 bridgehead atoms. The molecule has 0 aliphatic carbocycles. The van der Waals surface area contributed by atoms with Crippen molar-refractivity contribution in [3.63, 3.8) is 0 Å². The van der Waals surface area contributed by atoms with Crippen LogP contribution in [0.4, 0.5) is 0 Å². The van der Waals surface area contributed by atoms with Crippen LogP contribution in [0, 0.1) is 0 Å². The second kappa shape index (κ2) is 8.52. The van der Waals surface area contributed by atoms with Gasteiger partial charge in [-0.25, -0.2) is 4.79 Å². The van der Waals surface area contributed by atoms with Crippen LogP contribution in [-0.2, 0) is 9.53 Å². The predicted octanol–water partition coefficient (Wildman–Crippen LogP) is 5.68. The summed E-state index contributed by atoms with van der Waals surface area (Å²) in [7, 11) is 0. The molecule has 122 valence electrons. The fourth-order valence-electron chi connectivity index (χ4n) is 2.63. The van der Waals surface area contributed by atoms with Gasteiger partial charge in [0, 0.05) is 5.57 Å². The third-order valence-electron chi connectivity index (χ3n) is 3.97. The predicted molar refractivity (Wildman–Crippen MR) is 95.0 cm³/mol. The molecule has 0 fully saturated rings. The van der Waals surface area contributed by atoms with Gasteiger partial charge in [0.2, 0.25) is 0 Å². The fraction of sp³-hybridized carbons (Fsp3) is 0.381. The van der Waals surface area contributed by atoms with Gasteiger partial charge in [-0.1, -0.05) is 53.6 Å². The Morgan fingerprint density at radius 3 is 2.52 bits per heavy atom. The average Bonchev–Trinajstić information content (AvgIpc) is 2.89. The number of cyclic esters (lactones) is 1. The minimum Gasteiger partial charge on any atom is -0.450 e. The molecule has 2 rings (SSSR count). The lowest BCUT2D eigenvalue weighted by molar-refractivity contribution is -0.140. The first-order valence-corrected chi connectivity index (χ1v) is 8.32. The highest BCUT2D eigenvalue weighted by molar-refractivity contribution is 5.91. The molecule has 0 radical (unpaired) electrons. The zero-order chi connectivity index (χ0) is 16.7. The number of rotatable bonds is 7. The van der Waals surface area contributed by atoms with Crippen LogP contribution in [0.15, 0.2) is 65.3 Å². The minimum atomic E-state index is -0.221. The summed E-state index contributed by atoms with van der Waals surface area (Å²) in [6, 6.07) is 9.88. The largest absolute Gasteiger partial charge is 0.450 e. The maximum atomic E-state index is 12.0. The average molecular weight is 310 g/mol. The Labute approximate surface area is 139 Å². The second-order valence-corrected chi connectivity index (χ2v) is 6.34. The lowest BCUT2D eigenvalue weighted by atomic mass is 10.0. The number of allylic oxidation sites excluding steroid dienone is 4. The summed E-state index contributed by atoms with van der Waals surface area (Å²) in [6.07, 6.45) is 10.1. The van der Waals surface area contributed by atoms with Gasteiger partial charge in [0.15, 0.2) is 0 Å². The van der Waals surface area contributed by atoms with Crippen LogP contribution < -0.4 is 0 Å². The molecule has 1 aliphatic heterocycles. The first-order valence-electron chi connectivity index (χ1n) is 8.32. The SMILES string of the molecule is CC(C)=CCCC(C)=CCCC1=CC(c2ccccc2)OC1=O. The smallest absolute Gasteiger partial charge is 0.334 e. The minimum absolute atomic E-state index is 0.172. The molecule has 23 heavy (non-hydrogen) atoms. The molecule has 1 atom stereocenters. The van der Waals surface area contributed by atoms with Crippen LogP contribution in [0.5, 0.6) is 0 Å². The summed E-state index contributed by atoms with van der Waals surface area (Å²) in [4.78, 5) is 12.0. The van der Waals surface area contributed by atoms with Crippen molar-refractivity contribution in [1.29, 1.82) is 0 Å². The van der Waals surface area contributed by atoms with E-state index in [1.54, 1.807) is 0 Å². The van der Waals surface area contributed by atoms with E-state index in [9.17, 15) is 4.79 Å². The molecule has 1 aliphatic rings. The van der Waals surface area contributed by atoms with Crippen molar-refractivity contribution in [3.05, 3.63) is 70.8 Å². The van der Waals surface area contributed by atoms with Gasteiger partial charge in [-0.3, -0.25) is 0 Å². The Kier molecular flexibility index (Phi) is 6.40. The zero-order valence-electron chi connectivity index (χ0n) is 14.3. The van der Waals surface area contributed by atoms with Gasteiger partial charge in [-0.05, 0) is 58.1 Å². The fourth-order valence-corrected chi connectivity index (χ4v) is 2.63. The molecule has 0 spiro atoms. The van der Waals surface area contributed by atoms with E-state index in [1.807, 2.05) is 36.4 Å². The van der Waals surface area contributed by atoms with E-state index in [1.165, 1.54) is 11.1 Å². The molecular weight excluding hydrogens is 284 g/mol. The number of esters is 1. The van der Waals surface area contributed by atoms with E-state index >= 15 is 0 Å². The van der Waals surface area contributed by atoms with E-state index in [0.717, 1.165) is 36.8 Å². The van der Waals surface area contributed by atoms with Crippen molar-refractivity contribution in [1.82, 2.24) is 0 Å². The van der Waals surface area contributed by atoms with E-state index in [4.69, 9.17) is 4.74 Å². The lowest BCUT2D eigenvalue weighted by Gasteiger charge is -2.07. The van der Waals surface area contributed by atoms with Crippen LogP contribution >= 0.6 is 0 Å². The van der Waals surface area contributed by atoms with Crippen molar-refractivity contribution in [2.24, 2.45) is 0 Å². The Bertz CT molecular complexity index is 617. The summed E-state index contributed by atoms with van der Waals surface area (Å²) in [5, 5.41) is 0. The van der Waals surface area contributed by atoms with E-state index in [2.05, 4.69) is 32.9 Å². The normalized spacial score (nSPS) is 17.7. The molecule has 0 saturated heterocycles. The molecule has 2 nitrogen and oxygen atoms in total. The summed E-state index contributed by atoms with van der Waals surface area (Å²) in [6.45, 7) is 6.41. The van der Waals surface area contributed by atoms with Crippen molar-refractivity contribution >= 4 is 5.97 Å². The number of carbonyl (C=O) groups is 1. The summed E-state index contributed by atoms with van der Waals surface area (Å²) in [5.41, 5.74) is 4.58. The van der Waals surface area contributed by atoms with Crippen LogP contribution in [0.25, 0.3) is 0 Å². The summed E-state index contributed by atoms with van der Waals surface area (Å²) >= 11 is 0. The maximum absolute atomic E-state index is 12.0. The Morgan fingerprint density at radius 1 is 1.09 bits per heavy atom. The van der Waals surface area contributed by atoms with Crippen LogP contribution in [-0.4, -0.2) is 5.97 Å². The lowest BCUT2D eigenvalue weighted by Crippen LogP contribution is -2.02. The molecule has 1 unspecified atom stereocenters. The third kappa shape index (κ3) is 5.55. The van der Waals surface area contributed by atoms with Crippen molar-refractivity contribution in [2.75, 3.05) is 0 Å². The monoisotopic (exact) mass is 310 g/mol. The molecule has 0 amide bonds. The van der Waals surface area contributed by atoms with Crippen molar-refractivity contribution in [3.8, 4) is 0 Å². The van der Waals surface area contributed by atoms with Gasteiger partial charge < -0.3 is 4.74 Å². The molecular formula is C21H26O2. The number of hydrogen-bond donors (Lipinski definition) is 0. The molecule has 0 N–H and O–H groups in total. The van der Waals surface area contributed by atoms with Gasteiger partial charge in [0.25, 0.3) is 0 Å². The summed E-state index contributed by atoms with van der Waals surface area (Å²) < 4.78 is 5.45. The highest BCUT2D eigenvalue weighted by Gasteiger charge is 2.25. The van der Waals surface area contributed by atoms with Crippen LogP contribution in [0.3, 0.4) is 0 Å². The Balaban J connectivity index is 1.85. The number of benzene rings is 1. The second-order valence-electron chi connectivity index (χ2n) is 6.34. The Morgan fingerprint density at radius 2 is 1.83 bits per heavy atom.